The number of hydrogen-bond acceptors (Lipinski definition) is 5. The number of hydrogen-bond donors (Lipinski definition) is 1. The van der Waals surface area contributed by atoms with Gasteiger partial charge in [-0.15, -0.1) is 0 Å². The van der Waals surface area contributed by atoms with Gasteiger partial charge in [-0.1, -0.05) is 36.8 Å². The summed E-state index contributed by atoms with van der Waals surface area (Å²) in [6, 6.07) is 16.3. The molecular formula is C29H33N3O4. The van der Waals surface area contributed by atoms with Crippen molar-refractivity contribution in [1.29, 1.82) is 0 Å². The van der Waals surface area contributed by atoms with Crippen LogP contribution >= 0.6 is 0 Å². The number of carbonyl (C=O) groups excluding carboxylic acids is 3. The Bertz CT molecular complexity index is 1170. The number of carbonyl (C=O) groups is 3. The zero-order valence-corrected chi connectivity index (χ0v) is 20.5. The average molecular weight is 488 g/mol. The lowest BCUT2D eigenvalue weighted by atomic mass is 9.91. The van der Waals surface area contributed by atoms with Crippen molar-refractivity contribution in [2.24, 2.45) is 0 Å². The Kier molecular flexibility index (Phi) is 6.25. The molecule has 0 radical (unpaired) electrons. The van der Waals surface area contributed by atoms with E-state index >= 15 is 0 Å². The molecule has 7 heteroatoms. The monoisotopic (exact) mass is 487 g/mol. The van der Waals surface area contributed by atoms with E-state index < -0.39 is 6.04 Å². The Balaban J connectivity index is 1.14. The Morgan fingerprint density at radius 1 is 0.917 bits per heavy atom. The second kappa shape index (κ2) is 9.69. The van der Waals surface area contributed by atoms with Crippen molar-refractivity contribution in [1.82, 2.24) is 15.1 Å². The molecule has 3 fully saturated rings. The van der Waals surface area contributed by atoms with Gasteiger partial charge < -0.3 is 9.64 Å². The summed E-state index contributed by atoms with van der Waals surface area (Å²) < 4.78 is 6.60. The van der Waals surface area contributed by atoms with Crippen LogP contribution in [-0.4, -0.2) is 58.8 Å². The molecule has 36 heavy (non-hydrogen) atoms. The molecule has 3 heterocycles. The number of likely N-dealkylation sites (tertiary alicyclic amines) is 1. The van der Waals surface area contributed by atoms with Crippen molar-refractivity contribution >= 4 is 17.7 Å². The largest absolute Gasteiger partial charge is 0.489 e. The summed E-state index contributed by atoms with van der Waals surface area (Å²) in [5.74, 6) is 0.575. The van der Waals surface area contributed by atoms with Crippen LogP contribution in [0.25, 0.3) is 0 Å². The zero-order valence-electron chi connectivity index (χ0n) is 20.5. The van der Waals surface area contributed by atoms with Crippen LogP contribution in [0.4, 0.5) is 0 Å². The summed E-state index contributed by atoms with van der Waals surface area (Å²) in [5, 5.41) is 2.36. The van der Waals surface area contributed by atoms with Crippen LogP contribution in [0, 0.1) is 0 Å². The third kappa shape index (κ3) is 4.41. The van der Waals surface area contributed by atoms with Crippen LogP contribution in [0.15, 0.2) is 48.5 Å². The Labute approximate surface area is 211 Å². The summed E-state index contributed by atoms with van der Waals surface area (Å²) in [6.45, 7) is 2.55. The molecule has 2 aromatic carbocycles. The van der Waals surface area contributed by atoms with Gasteiger partial charge >= 0.3 is 0 Å². The molecule has 1 saturated carbocycles. The second-order valence-corrected chi connectivity index (χ2v) is 10.6. The molecule has 2 aromatic rings. The third-order valence-corrected chi connectivity index (χ3v) is 8.41. The first-order valence-electron chi connectivity index (χ1n) is 13.3. The van der Waals surface area contributed by atoms with Crippen molar-refractivity contribution in [3.8, 4) is 5.75 Å². The fraction of sp³-hybridized carbons (Fsp3) is 0.483. The number of rotatable bonds is 5. The van der Waals surface area contributed by atoms with Gasteiger partial charge in [-0.05, 0) is 73.9 Å². The smallest absolute Gasteiger partial charge is 0.255 e. The maximum absolute atomic E-state index is 13.0. The second-order valence-electron chi connectivity index (χ2n) is 10.6. The summed E-state index contributed by atoms with van der Waals surface area (Å²) >= 11 is 0. The molecule has 0 spiro atoms. The lowest BCUT2D eigenvalue weighted by molar-refractivity contribution is -0.136. The highest BCUT2D eigenvalue weighted by atomic mass is 16.5. The van der Waals surface area contributed by atoms with Crippen LogP contribution in [0.2, 0.25) is 0 Å². The van der Waals surface area contributed by atoms with Gasteiger partial charge in [0.15, 0.2) is 0 Å². The highest BCUT2D eigenvalue weighted by Crippen LogP contribution is 2.36. The number of piperidine rings is 1. The van der Waals surface area contributed by atoms with Gasteiger partial charge in [0, 0.05) is 31.1 Å². The Morgan fingerprint density at radius 2 is 1.75 bits per heavy atom. The molecule has 2 unspecified atom stereocenters. The van der Waals surface area contributed by atoms with Crippen molar-refractivity contribution in [2.45, 2.75) is 75.6 Å². The maximum Gasteiger partial charge on any atom is 0.255 e. The zero-order chi connectivity index (χ0) is 24.6. The molecule has 188 valence electrons. The molecule has 3 amide bonds. The van der Waals surface area contributed by atoms with E-state index in [4.69, 9.17) is 4.74 Å². The molecule has 2 saturated heterocycles. The van der Waals surface area contributed by atoms with E-state index in [1.54, 1.807) is 4.90 Å². The quantitative estimate of drug-likeness (QED) is 0.652. The molecule has 1 aliphatic carbocycles. The predicted octanol–water partition coefficient (Wildman–Crippen LogP) is 3.63. The van der Waals surface area contributed by atoms with E-state index in [2.05, 4.69) is 40.5 Å². The van der Waals surface area contributed by atoms with Gasteiger partial charge in [-0.3, -0.25) is 24.6 Å². The van der Waals surface area contributed by atoms with E-state index in [-0.39, 0.29) is 30.2 Å². The first kappa shape index (κ1) is 23.2. The number of benzene rings is 2. The maximum atomic E-state index is 13.0. The third-order valence-electron chi connectivity index (χ3n) is 8.41. The van der Waals surface area contributed by atoms with Gasteiger partial charge in [-0.25, -0.2) is 0 Å². The fourth-order valence-corrected chi connectivity index (χ4v) is 6.52. The number of nitrogens with one attached hydrogen (secondary N) is 1. The molecule has 0 aromatic heterocycles. The van der Waals surface area contributed by atoms with E-state index in [0.717, 1.165) is 37.2 Å². The number of amides is 3. The standard InChI is InChI=1S/C29H33N3O4/c33-27-13-12-25(28(34)30-27)32-18-21-16-22(10-11-23(21)29(32)35)36-26-9-5-4-8-24(26)31-15-14-20(17-31)19-6-2-1-3-7-19/h1-3,6-7,10-11,16,20,24-26H,4-5,8-9,12-15,17-18H2,(H,30,33,34)/t20?,24-,25?,26-/m0/s1. The van der Waals surface area contributed by atoms with Crippen LogP contribution in [0.3, 0.4) is 0 Å². The fourth-order valence-electron chi connectivity index (χ4n) is 6.52. The summed E-state index contributed by atoms with van der Waals surface area (Å²) in [6.07, 6.45) is 6.54. The molecule has 6 rings (SSSR count). The molecule has 3 aliphatic heterocycles. The normalized spacial score (nSPS) is 28.8. The van der Waals surface area contributed by atoms with Crippen molar-refractivity contribution in [2.75, 3.05) is 13.1 Å². The highest BCUT2D eigenvalue weighted by Gasteiger charge is 2.40. The van der Waals surface area contributed by atoms with E-state index in [0.29, 0.717) is 30.5 Å². The minimum Gasteiger partial charge on any atom is -0.489 e. The lowest BCUT2D eigenvalue weighted by Gasteiger charge is -2.38. The number of nitrogens with zero attached hydrogens (tertiary/aromatic N) is 2. The van der Waals surface area contributed by atoms with Crippen molar-refractivity contribution in [3.63, 3.8) is 0 Å². The van der Waals surface area contributed by atoms with E-state index in [9.17, 15) is 14.4 Å². The topological polar surface area (TPSA) is 79.0 Å². The lowest BCUT2D eigenvalue weighted by Crippen LogP contribution is -2.52. The first-order valence-corrected chi connectivity index (χ1v) is 13.3. The van der Waals surface area contributed by atoms with Gasteiger partial charge in [0.1, 0.15) is 17.9 Å². The van der Waals surface area contributed by atoms with Gasteiger partial charge in [-0.2, -0.15) is 0 Å². The summed E-state index contributed by atoms with van der Waals surface area (Å²) in [4.78, 5) is 41.1. The van der Waals surface area contributed by atoms with E-state index in [1.165, 1.54) is 24.8 Å². The van der Waals surface area contributed by atoms with Crippen LogP contribution in [-0.2, 0) is 16.1 Å². The first-order chi connectivity index (χ1) is 17.6. The number of ether oxygens (including phenoxy) is 1. The van der Waals surface area contributed by atoms with Crippen LogP contribution in [0.5, 0.6) is 5.75 Å². The van der Waals surface area contributed by atoms with Gasteiger partial charge in [0.05, 0.1) is 0 Å². The molecule has 4 atom stereocenters. The SMILES string of the molecule is O=C1CCC(N2Cc3cc(O[C@H]4CCCC[C@@H]4N4CCC(c5ccccc5)C4)ccc3C2=O)C(=O)N1. The molecule has 0 bridgehead atoms. The number of fused-ring (bicyclic) bond motifs is 1. The van der Waals surface area contributed by atoms with Gasteiger partial charge in [0.25, 0.3) is 5.91 Å². The van der Waals surface area contributed by atoms with Crippen molar-refractivity contribution < 1.29 is 19.1 Å². The summed E-state index contributed by atoms with van der Waals surface area (Å²) in [7, 11) is 0. The minimum absolute atomic E-state index is 0.134. The Morgan fingerprint density at radius 3 is 2.58 bits per heavy atom. The van der Waals surface area contributed by atoms with E-state index in [1.807, 2.05) is 18.2 Å². The summed E-state index contributed by atoms with van der Waals surface area (Å²) in [5.41, 5.74) is 2.94. The Hall–Kier alpha value is -3.19. The molecule has 1 N–H and O–H groups in total. The average Bonchev–Trinajstić information content (AvgIpc) is 3.50. The number of imide groups is 1. The van der Waals surface area contributed by atoms with Gasteiger partial charge in [0.2, 0.25) is 11.8 Å². The molecule has 4 aliphatic rings. The van der Waals surface area contributed by atoms with Crippen LogP contribution < -0.4 is 10.1 Å². The predicted molar refractivity (Wildman–Crippen MR) is 135 cm³/mol. The highest BCUT2D eigenvalue weighted by molar-refractivity contribution is 6.05. The van der Waals surface area contributed by atoms with Crippen molar-refractivity contribution in [3.05, 3.63) is 65.2 Å². The van der Waals surface area contributed by atoms with Crippen LogP contribution in [0.1, 0.15) is 72.3 Å². The molecule has 7 nitrogen and oxygen atoms in total. The molecular weight excluding hydrogens is 454 g/mol. The minimum atomic E-state index is -0.595.